The highest BCUT2D eigenvalue weighted by molar-refractivity contribution is 7.92. The maximum atomic E-state index is 13.5. The van der Waals surface area contributed by atoms with Gasteiger partial charge in [0.15, 0.2) is 0 Å². The zero-order chi connectivity index (χ0) is 25.6. The molecule has 0 heterocycles. The lowest BCUT2D eigenvalue weighted by atomic mass is 10.1. The molecule has 0 aliphatic heterocycles. The Balaban J connectivity index is 2.42. The van der Waals surface area contributed by atoms with Gasteiger partial charge in [-0.05, 0) is 69.0 Å². The molecule has 0 saturated carbocycles. The van der Waals surface area contributed by atoms with E-state index in [1.54, 1.807) is 26.0 Å². The van der Waals surface area contributed by atoms with Crippen LogP contribution in [0.1, 0.15) is 43.9 Å². The summed E-state index contributed by atoms with van der Waals surface area (Å²) in [5.41, 5.74) is 2.67. The summed E-state index contributed by atoms with van der Waals surface area (Å²) in [6.07, 6.45) is 1.77. The van der Waals surface area contributed by atoms with Crippen LogP contribution in [0.3, 0.4) is 0 Å². The van der Waals surface area contributed by atoms with Gasteiger partial charge in [-0.2, -0.15) is 0 Å². The highest BCUT2D eigenvalue weighted by Gasteiger charge is 2.31. The summed E-state index contributed by atoms with van der Waals surface area (Å²) in [5.74, 6) is -1.30. The number of halogens is 1. The molecule has 0 spiro atoms. The van der Waals surface area contributed by atoms with Crippen LogP contribution in [0, 0.1) is 19.7 Å². The molecule has 2 amide bonds. The number of hydrogen-bond donors (Lipinski definition) is 1. The number of rotatable bonds is 10. The van der Waals surface area contributed by atoms with Crippen LogP contribution in [0.2, 0.25) is 0 Å². The molecule has 34 heavy (non-hydrogen) atoms. The first-order valence-corrected chi connectivity index (χ1v) is 13.1. The second kappa shape index (κ2) is 11.5. The van der Waals surface area contributed by atoms with Crippen LogP contribution in [0.4, 0.5) is 10.1 Å². The second-order valence-corrected chi connectivity index (χ2v) is 10.5. The Bertz CT molecular complexity index is 1120. The summed E-state index contributed by atoms with van der Waals surface area (Å²) in [4.78, 5) is 27.7. The summed E-state index contributed by atoms with van der Waals surface area (Å²) in [6.45, 7) is 8.62. The van der Waals surface area contributed by atoms with Crippen molar-refractivity contribution < 1.29 is 22.4 Å². The van der Waals surface area contributed by atoms with Gasteiger partial charge in [0, 0.05) is 12.6 Å². The minimum absolute atomic E-state index is 0.0264. The predicted octanol–water partition coefficient (Wildman–Crippen LogP) is 3.54. The number of carbonyl (C=O) groups is 2. The molecule has 0 aliphatic carbocycles. The largest absolute Gasteiger partial charge is 0.352 e. The Labute approximate surface area is 202 Å². The molecule has 0 bridgehead atoms. The van der Waals surface area contributed by atoms with Crippen LogP contribution in [0.25, 0.3) is 0 Å². The summed E-state index contributed by atoms with van der Waals surface area (Å²) in [7, 11) is -3.80. The van der Waals surface area contributed by atoms with Crippen LogP contribution in [0.15, 0.2) is 42.5 Å². The molecule has 9 heteroatoms. The topological polar surface area (TPSA) is 86.8 Å². The Morgan fingerprint density at radius 1 is 1.06 bits per heavy atom. The number of benzene rings is 2. The van der Waals surface area contributed by atoms with Crippen LogP contribution >= 0.6 is 0 Å². The molecule has 0 unspecified atom stereocenters. The standard InChI is InChI=1S/C25H34FN3O4S/c1-7-18(3)27-25(31)20(5)28(15-21-11-13-22(26)14-12-21)24(30)16-29(34(6,32)33)23-10-8-9-17(2)19(23)4/h8-14,18,20H,7,15-16H2,1-6H3,(H,27,31)/t18-,20-/m0/s1. The van der Waals surface area contributed by atoms with Gasteiger partial charge in [-0.15, -0.1) is 0 Å². The van der Waals surface area contributed by atoms with Crippen molar-refractivity contribution in [3.63, 3.8) is 0 Å². The molecule has 186 valence electrons. The van der Waals surface area contributed by atoms with Crippen molar-refractivity contribution >= 4 is 27.5 Å². The van der Waals surface area contributed by atoms with Crippen LogP contribution in [-0.2, 0) is 26.2 Å². The van der Waals surface area contributed by atoms with Crippen LogP contribution in [0.5, 0.6) is 0 Å². The van der Waals surface area contributed by atoms with E-state index < -0.39 is 34.3 Å². The number of hydrogen-bond acceptors (Lipinski definition) is 4. The monoisotopic (exact) mass is 491 g/mol. The lowest BCUT2D eigenvalue weighted by Crippen LogP contribution is -2.52. The van der Waals surface area contributed by atoms with Crippen molar-refractivity contribution in [1.82, 2.24) is 10.2 Å². The van der Waals surface area contributed by atoms with Gasteiger partial charge in [-0.1, -0.05) is 31.2 Å². The van der Waals surface area contributed by atoms with Gasteiger partial charge in [-0.3, -0.25) is 13.9 Å². The maximum absolute atomic E-state index is 13.5. The molecule has 0 fully saturated rings. The van der Waals surface area contributed by atoms with Gasteiger partial charge in [-0.25, -0.2) is 12.8 Å². The fraction of sp³-hybridized carbons (Fsp3) is 0.440. The number of nitrogens with zero attached hydrogens (tertiary/aromatic N) is 2. The average molecular weight is 492 g/mol. The van der Waals surface area contributed by atoms with Gasteiger partial charge in [0.05, 0.1) is 11.9 Å². The normalized spacial score (nSPS) is 13.1. The average Bonchev–Trinajstić information content (AvgIpc) is 2.77. The number of sulfonamides is 1. The first kappa shape index (κ1) is 27.3. The molecular formula is C25H34FN3O4S. The van der Waals surface area contributed by atoms with Gasteiger partial charge in [0.1, 0.15) is 18.4 Å². The molecule has 2 atom stereocenters. The lowest BCUT2D eigenvalue weighted by molar-refractivity contribution is -0.139. The van der Waals surface area contributed by atoms with E-state index in [1.807, 2.05) is 26.8 Å². The predicted molar refractivity (Wildman–Crippen MR) is 132 cm³/mol. The van der Waals surface area contributed by atoms with E-state index in [-0.39, 0.29) is 18.5 Å². The number of nitrogens with one attached hydrogen (secondary N) is 1. The Kier molecular flexibility index (Phi) is 9.21. The SMILES string of the molecule is CC[C@H](C)NC(=O)[C@H](C)N(Cc1ccc(F)cc1)C(=O)CN(c1cccc(C)c1C)S(C)(=O)=O. The van der Waals surface area contributed by atoms with Crippen molar-refractivity contribution in [2.24, 2.45) is 0 Å². The minimum Gasteiger partial charge on any atom is -0.352 e. The fourth-order valence-corrected chi connectivity index (χ4v) is 4.34. The van der Waals surface area contributed by atoms with Crippen LogP contribution < -0.4 is 9.62 Å². The van der Waals surface area contributed by atoms with Gasteiger partial charge in [0.2, 0.25) is 21.8 Å². The molecule has 0 saturated heterocycles. The Morgan fingerprint density at radius 3 is 2.24 bits per heavy atom. The van der Waals surface area contributed by atoms with Crippen LogP contribution in [-0.4, -0.2) is 50.0 Å². The first-order chi connectivity index (χ1) is 15.8. The van der Waals surface area contributed by atoms with E-state index in [9.17, 15) is 22.4 Å². The molecular weight excluding hydrogens is 457 g/mol. The third-order valence-corrected chi connectivity index (χ3v) is 7.08. The summed E-state index contributed by atoms with van der Waals surface area (Å²) < 4.78 is 39.8. The Morgan fingerprint density at radius 2 is 1.68 bits per heavy atom. The van der Waals surface area contributed by atoms with E-state index in [1.165, 1.54) is 29.2 Å². The zero-order valence-corrected chi connectivity index (χ0v) is 21.4. The van der Waals surface area contributed by atoms with E-state index in [4.69, 9.17) is 0 Å². The van der Waals surface area contributed by atoms with E-state index in [2.05, 4.69) is 5.32 Å². The molecule has 2 aromatic rings. The summed E-state index contributed by atoms with van der Waals surface area (Å²) >= 11 is 0. The maximum Gasteiger partial charge on any atom is 0.244 e. The highest BCUT2D eigenvalue weighted by Crippen LogP contribution is 2.25. The Hall–Kier alpha value is -2.94. The summed E-state index contributed by atoms with van der Waals surface area (Å²) in [5, 5.41) is 2.87. The van der Waals surface area contributed by atoms with Crippen molar-refractivity contribution in [3.8, 4) is 0 Å². The van der Waals surface area contributed by atoms with Gasteiger partial charge >= 0.3 is 0 Å². The van der Waals surface area contributed by atoms with Crippen molar-refractivity contribution in [1.29, 1.82) is 0 Å². The summed E-state index contributed by atoms with van der Waals surface area (Å²) in [6, 6.07) is 9.93. The second-order valence-electron chi connectivity index (χ2n) is 8.63. The lowest BCUT2D eigenvalue weighted by Gasteiger charge is -2.32. The highest BCUT2D eigenvalue weighted by atomic mass is 32.2. The molecule has 0 radical (unpaired) electrons. The molecule has 7 nitrogen and oxygen atoms in total. The van der Waals surface area contributed by atoms with E-state index >= 15 is 0 Å². The van der Waals surface area contributed by atoms with Gasteiger partial charge < -0.3 is 10.2 Å². The van der Waals surface area contributed by atoms with Gasteiger partial charge in [0.25, 0.3) is 0 Å². The third-order valence-electron chi connectivity index (χ3n) is 5.96. The first-order valence-electron chi connectivity index (χ1n) is 11.2. The molecule has 2 aromatic carbocycles. The number of amides is 2. The molecule has 0 aromatic heterocycles. The number of anilines is 1. The van der Waals surface area contributed by atoms with E-state index in [0.717, 1.165) is 28.1 Å². The molecule has 2 rings (SSSR count). The van der Waals surface area contributed by atoms with Crippen molar-refractivity contribution in [2.45, 2.75) is 59.7 Å². The third kappa shape index (κ3) is 7.03. The van der Waals surface area contributed by atoms with Crippen molar-refractivity contribution in [2.75, 3.05) is 17.1 Å². The zero-order valence-electron chi connectivity index (χ0n) is 20.6. The number of aryl methyl sites for hydroxylation is 1. The smallest absolute Gasteiger partial charge is 0.244 e. The van der Waals surface area contributed by atoms with Crippen molar-refractivity contribution in [3.05, 3.63) is 65.0 Å². The number of carbonyl (C=O) groups excluding carboxylic acids is 2. The van der Waals surface area contributed by atoms with E-state index in [0.29, 0.717) is 11.3 Å². The molecule has 0 aliphatic rings. The molecule has 1 N–H and O–H groups in total. The minimum atomic E-state index is -3.80. The quantitative estimate of drug-likeness (QED) is 0.551. The fourth-order valence-electron chi connectivity index (χ4n) is 3.44.